The maximum absolute atomic E-state index is 4.45. The van der Waals surface area contributed by atoms with Crippen LogP contribution in [0.25, 0.3) is 0 Å². The minimum absolute atomic E-state index is 0.948. The molecule has 0 aromatic carbocycles. The Bertz CT molecular complexity index is 481. The van der Waals surface area contributed by atoms with Crippen molar-refractivity contribution < 1.29 is 0 Å². The third-order valence-electron chi connectivity index (χ3n) is 1.97. The second-order valence-electron chi connectivity index (χ2n) is 3.14. The van der Waals surface area contributed by atoms with Crippen molar-refractivity contribution >= 4 is 27.7 Å². The van der Waals surface area contributed by atoms with Gasteiger partial charge >= 0.3 is 0 Å². The summed E-state index contributed by atoms with van der Waals surface area (Å²) in [4.78, 5) is 8.69. The molecular weight excluding hydrogens is 274 g/mol. The van der Waals surface area contributed by atoms with E-state index in [9.17, 15) is 0 Å². The van der Waals surface area contributed by atoms with Crippen molar-refractivity contribution in [3.8, 4) is 0 Å². The highest BCUT2D eigenvalue weighted by atomic mass is 79.9. The Morgan fingerprint density at radius 1 is 1.40 bits per heavy atom. The molecule has 0 aliphatic heterocycles. The molecule has 0 N–H and O–H groups in total. The zero-order chi connectivity index (χ0) is 10.8. The highest BCUT2D eigenvalue weighted by Crippen LogP contribution is 2.26. The molecule has 0 radical (unpaired) electrons. The summed E-state index contributed by atoms with van der Waals surface area (Å²) in [6, 6.07) is 3.99. The average Bonchev–Trinajstić information content (AvgIpc) is 2.59. The number of pyridine rings is 1. The van der Waals surface area contributed by atoms with Gasteiger partial charge in [0.1, 0.15) is 5.03 Å². The first kappa shape index (κ1) is 10.7. The highest BCUT2D eigenvalue weighted by molar-refractivity contribution is 9.10. The largest absolute Gasteiger partial charge is 0.329 e. The molecule has 2 rings (SSSR count). The SMILES string of the molecule is Cc1nc(Sc2nccn2C)ccc1Br. The number of aryl methyl sites for hydroxylation is 2. The summed E-state index contributed by atoms with van der Waals surface area (Å²) in [6.45, 7) is 1.98. The van der Waals surface area contributed by atoms with E-state index in [-0.39, 0.29) is 0 Å². The standard InChI is InChI=1S/C10H10BrN3S/c1-7-8(11)3-4-9(13-7)15-10-12-5-6-14(10)2/h3-6H,1-2H3. The lowest BCUT2D eigenvalue weighted by Crippen LogP contribution is -1.91. The number of imidazole rings is 1. The molecule has 0 amide bonds. The fourth-order valence-electron chi connectivity index (χ4n) is 1.12. The van der Waals surface area contributed by atoms with Gasteiger partial charge in [-0.2, -0.15) is 0 Å². The van der Waals surface area contributed by atoms with Gasteiger partial charge in [-0.15, -0.1) is 0 Å². The molecule has 0 unspecified atom stereocenters. The third kappa shape index (κ3) is 2.41. The lowest BCUT2D eigenvalue weighted by atomic mass is 10.4. The number of hydrogen-bond donors (Lipinski definition) is 0. The minimum Gasteiger partial charge on any atom is -0.329 e. The van der Waals surface area contributed by atoms with E-state index >= 15 is 0 Å². The first-order valence-corrected chi connectivity index (χ1v) is 6.06. The summed E-state index contributed by atoms with van der Waals surface area (Å²) in [5.41, 5.74) is 0.995. The van der Waals surface area contributed by atoms with Crippen molar-refractivity contribution in [1.82, 2.24) is 14.5 Å². The van der Waals surface area contributed by atoms with Gasteiger partial charge in [-0.05, 0) is 46.7 Å². The third-order valence-corrected chi connectivity index (χ3v) is 3.82. The van der Waals surface area contributed by atoms with Crippen LogP contribution < -0.4 is 0 Å². The summed E-state index contributed by atoms with van der Waals surface area (Å²) in [6.07, 6.45) is 3.71. The van der Waals surface area contributed by atoms with E-state index in [1.54, 1.807) is 18.0 Å². The molecular formula is C10H10BrN3S. The Labute approximate surface area is 101 Å². The fraction of sp³-hybridized carbons (Fsp3) is 0.200. The van der Waals surface area contributed by atoms with E-state index in [0.29, 0.717) is 0 Å². The Hall–Kier alpha value is -0.810. The Kier molecular flexibility index (Phi) is 3.11. The van der Waals surface area contributed by atoms with Crippen LogP contribution in [0.4, 0.5) is 0 Å². The van der Waals surface area contributed by atoms with Gasteiger partial charge in [-0.1, -0.05) is 0 Å². The molecule has 78 valence electrons. The summed E-state index contributed by atoms with van der Waals surface area (Å²) in [5, 5.41) is 1.91. The van der Waals surface area contributed by atoms with Crippen LogP contribution in [-0.2, 0) is 7.05 Å². The monoisotopic (exact) mass is 283 g/mol. The molecule has 2 heterocycles. The van der Waals surface area contributed by atoms with Crippen LogP contribution in [0.5, 0.6) is 0 Å². The van der Waals surface area contributed by atoms with E-state index in [2.05, 4.69) is 25.9 Å². The van der Waals surface area contributed by atoms with Gasteiger partial charge in [0.25, 0.3) is 0 Å². The first-order valence-electron chi connectivity index (χ1n) is 4.45. The smallest absolute Gasteiger partial charge is 0.174 e. The van der Waals surface area contributed by atoms with Gasteiger partial charge in [0.05, 0.1) is 5.69 Å². The van der Waals surface area contributed by atoms with Gasteiger partial charge < -0.3 is 4.57 Å². The van der Waals surface area contributed by atoms with E-state index in [1.165, 1.54) is 0 Å². The quantitative estimate of drug-likeness (QED) is 0.849. The molecule has 0 aliphatic rings. The summed E-state index contributed by atoms with van der Waals surface area (Å²) in [7, 11) is 1.97. The highest BCUT2D eigenvalue weighted by Gasteiger charge is 2.04. The normalized spacial score (nSPS) is 10.6. The minimum atomic E-state index is 0.948. The van der Waals surface area contributed by atoms with E-state index in [0.717, 1.165) is 20.3 Å². The first-order chi connectivity index (χ1) is 7.16. The lowest BCUT2D eigenvalue weighted by Gasteiger charge is -2.02. The molecule has 5 heteroatoms. The molecule has 0 saturated heterocycles. The van der Waals surface area contributed by atoms with Gasteiger partial charge in [0, 0.05) is 23.9 Å². The van der Waals surface area contributed by atoms with Gasteiger partial charge in [0.15, 0.2) is 5.16 Å². The number of nitrogens with zero attached hydrogens (tertiary/aromatic N) is 3. The van der Waals surface area contributed by atoms with Crippen molar-refractivity contribution in [3.63, 3.8) is 0 Å². The summed E-state index contributed by atoms with van der Waals surface area (Å²) >= 11 is 4.99. The van der Waals surface area contributed by atoms with Crippen molar-refractivity contribution in [2.24, 2.45) is 7.05 Å². The van der Waals surface area contributed by atoms with Crippen molar-refractivity contribution in [2.75, 3.05) is 0 Å². The van der Waals surface area contributed by atoms with Crippen LogP contribution >= 0.6 is 27.7 Å². The van der Waals surface area contributed by atoms with Crippen LogP contribution in [0.1, 0.15) is 5.69 Å². The fourth-order valence-corrected chi connectivity index (χ4v) is 2.17. The molecule has 2 aromatic rings. The van der Waals surface area contributed by atoms with Crippen LogP contribution in [0, 0.1) is 6.92 Å². The van der Waals surface area contributed by atoms with Gasteiger partial charge in [-0.25, -0.2) is 9.97 Å². The molecule has 0 aliphatic carbocycles. The molecule has 0 spiro atoms. The van der Waals surface area contributed by atoms with E-state index in [4.69, 9.17) is 0 Å². The topological polar surface area (TPSA) is 30.7 Å². The molecule has 0 saturated carbocycles. The number of rotatable bonds is 2. The zero-order valence-corrected chi connectivity index (χ0v) is 10.8. The number of hydrogen-bond acceptors (Lipinski definition) is 3. The number of halogens is 1. The molecule has 3 nitrogen and oxygen atoms in total. The Balaban J connectivity index is 2.25. The van der Waals surface area contributed by atoms with Crippen LogP contribution in [0.15, 0.2) is 39.2 Å². The molecule has 2 aromatic heterocycles. The molecule has 15 heavy (non-hydrogen) atoms. The van der Waals surface area contributed by atoms with E-state index in [1.807, 2.05) is 36.9 Å². The number of aromatic nitrogens is 3. The molecule has 0 atom stereocenters. The summed E-state index contributed by atoms with van der Waals surface area (Å²) in [5.74, 6) is 0. The average molecular weight is 284 g/mol. The predicted molar refractivity (Wildman–Crippen MR) is 64.0 cm³/mol. The van der Waals surface area contributed by atoms with Crippen molar-refractivity contribution in [2.45, 2.75) is 17.1 Å². The van der Waals surface area contributed by atoms with Gasteiger partial charge in [-0.3, -0.25) is 0 Å². The van der Waals surface area contributed by atoms with Crippen molar-refractivity contribution in [1.29, 1.82) is 0 Å². The van der Waals surface area contributed by atoms with E-state index < -0.39 is 0 Å². The van der Waals surface area contributed by atoms with Crippen LogP contribution in [-0.4, -0.2) is 14.5 Å². The predicted octanol–water partition coefficient (Wildman–Crippen LogP) is 3.04. The maximum Gasteiger partial charge on any atom is 0.174 e. The second-order valence-corrected chi connectivity index (χ2v) is 4.98. The van der Waals surface area contributed by atoms with Gasteiger partial charge in [0.2, 0.25) is 0 Å². The maximum atomic E-state index is 4.45. The zero-order valence-electron chi connectivity index (χ0n) is 8.44. The molecule has 0 fully saturated rings. The van der Waals surface area contributed by atoms with Crippen molar-refractivity contribution in [3.05, 3.63) is 34.7 Å². The Morgan fingerprint density at radius 2 is 2.20 bits per heavy atom. The molecule has 0 bridgehead atoms. The Morgan fingerprint density at radius 3 is 2.80 bits per heavy atom. The lowest BCUT2D eigenvalue weighted by molar-refractivity contribution is 0.788. The van der Waals surface area contributed by atoms with Crippen LogP contribution in [0.3, 0.4) is 0 Å². The second kappa shape index (κ2) is 4.37. The summed E-state index contributed by atoms with van der Waals surface area (Å²) < 4.78 is 3.01. The van der Waals surface area contributed by atoms with Crippen LogP contribution in [0.2, 0.25) is 0 Å².